The minimum Gasteiger partial charge on any atom is -0.455 e. The largest absolute Gasteiger partial charge is 0.455 e. The first-order valence-electron chi connectivity index (χ1n) is 10.5. The Hall–Kier alpha value is -3.07. The van der Waals surface area contributed by atoms with Crippen molar-refractivity contribution >= 4 is 22.4 Å². The second-order valence-electron chi connectivity index (χ2n) is 7.90. The zero-order valence-electron chi connectivity index (χ0n) is 18.0. The maximum absolute atomic E-state index is 13.0. The Balaban J connectivity index is 1.35. The van der Waals surface area contributed by atoms with Crippen LogP contribution >= 0.6 is 0 Å². The van der Waals surface area contributed by atoms with Crippen LogP contribution in [0.3, 0.4) is 0 Å². The van der Waals surface area contributed by atoms with Crippen LogP contribution in [0.4, 0.5) is 18.9 Å². The molecule has 0 saturated carbocycles. The van der Waals surface area contributed by atoms with Gasteiger partial charge in [0, 0.05) is 36.8 Å². The Labute approximate surface area is 192 Å². The van der Waals surface area contributed by atoms with Gasteiger partial charge < -0.3 is 14.2 Å². The molecule has 2 aromatic carbocycles. The van der Waals surface area contributed by atoms with E-state index in [0.29, 0.717) is 42.5 Å². The van der Waals surface area contributed by atoms with E-state index < -0.39 is 22.5 Å². The fraction of sp³-hybridized carbons (Fsp3) is 0.292. The lowest BCUT2D eigenvalue weighted by Gasteiger charge is -2.36. The molecule has 5 nitrogen and oxygen atoms in total. The molecular formula is C24H23F3N2O3S. The van der Waals surface area contributed by atoms with Crippen molar-refractivity contribution in [3.63, 3.8) is 0 Å². The molecular weight excluding hydrogens is 453 g/mol. The van der Waals surface area contributed by atoms with E-state index in [1.807, 2.05) is 36.1 Å². The van der Waals surface area contributed by atoms with Gasteiger partial charge in [-0.15, -0.1) is 0 Å². The van der Waals surface area contributed by atoms with Gasteiger partial charge in [-0.3, -0.25) is 9.00 Å². The third-order valence-electron chi connectivity index (χ3n) is 5.54. The minimum atomic E-state index is -4.39. The maximum atomic E-state index is 13.0. The third kappa shape index (κ3) is 5.47. The van der Waals surface area contributed by atoms with Crippen molar-refractivity contribution in [1.82, 2.24) is 4.90 Å². The summed E-state index contributed by atoms with van der Waals surface area (Å²) in [6.07, 6.45) is -4.39. The van der Waals surface area contributed by atoms with Gasteiger partial charge in [-0.25, -0.2) is 0 Å². The van der Waals surface area contributed by atoms with Gasteiger partial charge in [0.1, 0.15) is 5.76 Å². The van der Waals surface area contributed by atoms with Gasteiger partial charge in [0.2, 0.25) is 0 Å². The lowest BCUT2D eigenvalue weighted by molar-refractivity contribution is -0.137. The monoisotopic (exact) mass is 476 g/mol. The molecule has 0 radical (unpaired) electrons. The maximum Gasteiger partial charge on any atom is 0.416 e. The Morgan fingerprint density at radius 1 is 1.00 bits per heavy atom. The molecule has 4 rings (SSSR count). The number of piperazine rings is 1. The molecule has 33 heavy (non-hydrogen) atoms. The van der Waals surface area contributed by atoms with Gasteiger partial charge >= 0.3 is 6.18 Å². The summed E-state index contributed by atoms with van der Waals surface area (Å²) in [5, 5.41) is 0. The summed E-state index contributed by atoms with van der Waals surface area (Å²) < 4.78 is 57.1. The van der Waals surface area contributed by atoms with Gasteiger partial charge in [-0.05, 0) is 49.4 Å². The topological polar surface area (TPSA) is 53.8 Å². The molecule has 0 N–H and O–H groups in total. The van der Waals surface area contributed by atoms with Crippen LogP contribution in [0.2, 0.25) is 0 Å². The van der Waals surface area contributed by atoms with Crippen LogP contribution in [0.1, 0.15) is 27.4 Å². The van der Waals surface area contributed by atoms with Crippen molar-refractivity contribution in [2.45, 2.75) is 23.7 Å². The molecule has 1 atom stereocenters. The number of alkyl halides is 3. The Morgan fingerprint density at radius 2 is 1.70 bits per heavy atom. The minimum absolute atomic E-state index is 0.165. The summed E-state index contributed by atoms with van der Waals surface area (Å²) in [6.45, 7) is 3.51. The zero-order chi connectivity index (χ0) is 23.6. The zero-order valence-corrected chi connectivity index (χ0v) is 18.8. The number of halogens is 3. The molecule has 0 aliphatic carbocycles. The van der Waals surface area contributed by atoms with E-state index >= 15 is 0 Å². The standard InChI is InChI=1S/C24H23F3N2O3S/c1-17-5-8-21(9-6-17)33(31)16-20-7-10-22(32-20)23(30)29-13-11-28(12-14-29)19-4-2-3-18(15-19)24(25,26)27/h2-10,15H,11-14,16H2,1H3/t33-/m0/s1. The molecule has 1 aliphatic rings. The van der Waals surface area contributed by atoms with E-state index in [9.17, 15) is 22.2 Å². The molecule has 0 bridgehead atoms. The SMILES string of the molecule is Cc1ccc([S@@](=O)Cc2ccc(C(=O)N3CCN(c4cccc(C(F)(F)F)c4)CC3)o2)cc1. The second-order valence-corrected chi connectivity index (χ2v) is 9.35. The van der Waals surface area contributed by atoms with Crippen LogP contribution < -0.4 is 4.90 Å². The second kappa shape index (κ2) is 9.43. The van der Waals surface area contributed by atoms with E-state index in [4.69, 9.17) is 4.42 Å². The quantitative estimate of drug-likeness (QED) is 0.527. The van der Waals surface area contributed by atoms with Gasteiger partial charge in [0.25, 0.3) is 5.91 Å². The summed E-state index contributed by atoms with van der Waals surface area (Å²) in [5.74, 6) is 0.504. The molecule has 1 saturated heterocycles. The van der Waals surface area contributed by atoms with E-state index in [0.717, 1.165) is 17.7 Å². The highest BCUT2D eigenvalue weighted by Gasteiger charge is 2.31. The van der Waals surface area contributed by atoms with E-state index in [1.165, 1.54) is 6.07 Å². The van der Waals surface area contributed by atoms with Crippen molar-refractivity contribution < 1.29 is 26.6 Å². The number of anilines is 1. The first-order chi connectivity index (χ1) is 15.7. The van der Waals surface area contributed by atoms with Gasteiger partial charge in [-0.1, -0.05) is 23.8 Å². The smallest absolute Gasteiger partial charge is 0.416 e. The molecule has 2 heterocycles. The highest BCUT2D eigenvalue weighted by molar-refractivity contribution is 7.84. The van der Waals surface area contributed by atoms with Gasteiger partial charge in [-0.2, -0.15) is 13.2 Å². The predicted molar refractivity (Wildman–Crippen MR) is 120 cm³/mol. The van der Waals surface area contributed by atoms with Crippen molar-refractivity contribution in [3.8, 4) is 0 Å². The van der Waals surface area contributed by atoms with Crippen LogP contribution in [0.25, 0.3) is 0 Å². The fourth-order valence-electron chi connectivity index (χ4n) is 3.68. The van der Waals surface area contributed by atoms with Crippen LogP contribution in [-0.4, -0.2) is 41.2 Å². The normalized spacial score (nSPS) is 15.5. The molecule has 0 unspecified atom stereocenters. The number of hydrogen-bond donors (Lipinski definition) is 0. The van der Waals surface area contributed by atoms with Crippen molar-refractivity contribution in [2.24, 2.45) is 0 Å². The van der Waals surface area contributed by atoms with E-state index in [2.05, 4.69) is 0 Å². The lowest BCUT2D eigenvalue weighted by atomic mass is 10.1. The van der Waals surface area contributed by atoms with Crippen LogP contribution in [-0.2, 0) is 22.7 Å². The first kappa shape index (κ1) is 23.1. The molecule has 1 aromatic heterocycles. The van der Waals surface area contributed by atoms with Crippen LogP contribution in [0.5, 0.6) is 0 Å². The average molecular weight is 477 g/mol. The lowest BCUT2D eigenvalue weighted by Crippen LogP contribution is -2.48. The Morgan fingerprint density at radius 3 is 2.36 bits per heavy atom. The molecule has 0 spiro atoms. The average Bonchev–Trinajstić information content (AvgIpc) is 3.27. The summed E-state index contributed by atoms with van der Waals surface area (Å²) in [7, 11) is -1.29. The molecule has 1 fully saturated rings. The van der Waals surface area contributed by atoms with E-state index in [1.54, 1.807) is 23.1 Å². The van der Waals surface area contributed by atoms with Gasteiger partial charge in [0.05, 0.1) is 22.1 Å². The van der Waals surface area contributed by atoms with Crippen LogP contribution in [0, 0.1) is 6.92 Å². The van der Waals surface area contributed by atoms with Crippen molar-refractivity contribution in [1.29, 1.82) is 0 Å². The number of nitrogens with zero attached hydrogens (tertiary/aromatic N) is 2. The highest BCUT2D eigenvalue weighted by atomic mass is 32.2. The molecule has 9 heteroatoms. The van der Waals surface area contributed by atoms with Crippen molar-refractivity contribution in [2.75, 3.05) is 31.1 Å². The molecule has 174 valence electrons. The summed E-state index contributed by atoms with van der Waals surface area (Å²) >= 11 is 0. The summed E-state index contributed by atoms with van der Waals surface area (Å²) in [5.41, 5.74) is 0.871. The van der Waals surface area contributed by atoms with Crippen LogP contribution in [0.15, 0.2) is 70.0 Å². The number of carbonyl (C=O) groups is 1. The fourth-order valence-corrected chi connectivity index (χ4v) is 4.70. The van der Waals surface area contributed by atoms with Gasteiger partial charge in [0.15, 0.2) is 5.76 Å². The van der Waals surface area contributed by atoms with E-state index in [-0.39, 0.29) is 17.4 Å². The van der Waals surface area contributed by atoms with Crippen molar-refractivity contribution in [3.05, 3.63) is 83.3 Å². The molecule has 1 aliphatic heterocycles. The Kier molecular flexibility index (Phi) is 6.60. The summed E-state index contributed by atoms with van der Waals surface area (Å²) in [6, 6.07) is 15.8. The number of hydrogen-bond acceptors (Lipinski definition) is 4. The number of furan rings is 1. The Bertz CT molecular complexity index is 1150. The number of aryl methyl sites for hydroxylation is 1. The number of carbonyl (C=O) groups excluding carboxylic acids is 1. The predicted octanol–water partition coefficient (Wildman–Crippen LogP) is 4.88. The molecule has 3 aromatic rings. The third-order valence-corrected chi connectivity index (χ3v) is 6.88. The number of rotatable bonds is 5. The summed E-state index contributed by atoms with van der Waals surface area (Å²) in [4.78, 5) is 17.0. The molecule has 1 amide bonds. The number of benzene rings is 2. The highest BCUT2D eigenvalue weighted by Crippen LogP contribution is 2.32. The first-order valence-corrected chi connectivity index (χ1v) is 11.8. The number of amides is 1.